The molecule has 0 aromatic heterocycles. The number of amides is 1. The molecular weight excluding hydrogens is 214 g/mol. The van der Waals surface area contributed by atoms with Crippen molar-refractivity contribution < 1.29 is 9.90 Å². The Morgan fingerprint density at radius 1 is 1.53 bits per heavy atom. The number of aliphatic hydroxyl groups is 1. The van der Waals surface area contributed by atoms with E-state index in [-0.39, 0.29) is 17.9 Å². The number of nitrogens with zero attached hydrogens (tertiary/aromatic N) is 1. The molecule has 1 aliphatic heterocycles. The fourth-order valence-corrected chi connectivity index (χ4v) is 3.07. The minimum Gasteiger partial charge on any atom is -0.396 e. The monoisotopic (exact) mass is 231 g/mol. The summed E-state index contributed by atoms with van der Waals surface area (Å²) in [5, 5.41) is 9.33. The zero-order valence-electron chi connectivity index (χ0n) is 8.91. The van der Waals surface area contributed by atoms with Gasteiger partial charge in [-0.15, -0.1) is 11.6 Å². The predicted molar refractivity (Wildman–Crippen MR) is 58.8 cm³/mol. The van der Waals surface area contributed by atoms with Crippen LogP contribution in [-0.2, 0) is 4.79 Å². The molecule has 15 heavy (non-hydrogen) atoms. The molecule has 1 saturated heterocycles. The number of likely N-dealkylation sites (tertiary alicyclic amines) is 1. The molecule has 0 unspecified atom stereocenters. The second-order valence-electron chi connectivity index (χ2n) is 4.81. The van der Waals surface area contributed by atoms with Gasteiger partial charge >= 0.3 is 0 Å². The van der Waals surface area contributed by atoms with Gasteiger partial charge in [-0.25, -0.2) is 0 Å². The van der Waals surface area contributed by atoms with E-state index in [1.807, 2.05) is 4.90 Å². The van der Waals surface area contributed by atoms with Gasteiger partial charge in [0.2, 0.25) is 5.91 Å². The van der Waals surface area contributed by atoms with Crippen molar-refractivity contribution in [2.75, 3.05) is 25.6 Å². The molecule has 1 atom stereocenters. The highest BCUT2D eigenvalue weighted by Gasteiger charge is 2.50. The zero-order valence-corrected chi connectivity index (χ0v) is 9.67. The summed E-state index contributed by atoms with van der Waals surface area (Å²) in [5.41, 5.74) is 0.247. The fraction of sp³-hybridized carbons (Fsp3) is 0.909. The molecule has 4 heteroatoms. The molecule has 3 nitrogen and oxygen atoms in total. The average molecular weight is 232 g/mol. The Balaban J connectivity index is 1.98. The van der Waals surface area contributed by atoms with Crippen molar-refractivity contribution in [3.63, 3.8) is 0 Å². The normalized spacial score (nSPS) is 28.1. The third kappa shape index (κ3) is 1.87. The van der Waals surface area contributed by atoms with Crippen LogP contribution in [0.3, 0.4) is 0 Å². The third-order valence-corrected chi connectivity index (χ3v) is 4.23. The lowest BCUT2D eigenvalue weighted by atomic mass is 9.63. The average Bonchev–Trinajstić information content (AvgIpc) is 2.56. The number of hydrogen-bond donors (Lipinski definition) is 1. The van der Waals surface area contributed by atoms with Crippen molar-refractivity contribution >= 4 is 17.5 Å². The van der Waals surface area contributed by atoms with Crippen LogP contribution in [0.4, 0.5) is 0 Å². The number of alkyl halides is 1. The van der Waals surface area contributed by atoms with Gasteiger partial charge in [0.05, 0.1) is 0 Å². The van der Waals surface area contributed by atoms with Crippen LogP contribution in [0, 0.1) is 11.3 Å². The molecule has 0 aromatic rings. The van der Waals surface area contributed by atoms with E-state index >= 15 is 0 Å². The minimum absolute atomic E-state index is 0.146. The van der Waals surface area contributed by atoms with Gasteiger partial charge in [-0.05, 0) is 18.3 Å². The van der Waals surface area contributed by atoms with Crippen LogP contribution in [0.2, 0.25) is 0 Å². The highest BCUT2D eigenvalue weighted by Crippen LogP contribution is 2.51. The second kappa shape index (κ2) is 4.30. The summed E-state index contributed by atoms with van der Waals surface area (Å²) in [4.78, 5) is 13.6. The van der Waals surface area contributed by atoms with E-state index in [1.165, 1.54) is 19.3 Å². The van der Waals surface area contributed by atoms with E-state index in [4.69, 9.17) is 11.6 Å². The lowest BCUT2D eigenvalue weighted by Crippen LogP contribution is -2.39. The smallest absolute Gasteiger partial charge is 0.223 e. The Kier molecular flexibility index (Phi) is 3.21. The van der Waals surface area contributed by atoms with Crippen molar-refractivity contribution in [2.24, 2.45) is 11.3 Å². The Morgan fingerprint density at radius 2 is 2.27 bits per heavy atom. The van der Waals surface area contributed by atoms with Crippen molar-refractivity contribution in [3.05, 3.63) is 0 Å². The number of rotatable bonds is 3. The highest BCUT2D eigenvalue weighted by atomic mass is 35.5. The summed E-state index contributed by atoms with van der Waals surface area (Å²) in [6, 6.07) is 0. The molecule has 86 valence electrons. The Labute approximate surface area is 95.4 Å². The van der Waals surface area contributed by atoms with E-state index in [1.54, 1.807) is 0 Å². The number of hydrogen-bond acceptors (Lipinski definition) is 2. The lowest BCUT2D eigenvalue weighted by Gasteiger charge is -2.42. The van der Waals surface area contributed by atoms with E-state index in [0.29, 0.717) is 18.2 Å². The Bertz CT molecular complexity index is 253. The molecule has 1 spiro atoms. The van der Waals surface area contributed by atoms with Crippen LogP contribution in [0.5, 0.6) is 0 Å². The van der Waals surface area contributed by atoms with Crippen molar-refractivity contribution in [1.29, 1.82) is 0 Å². The third-order valence-electron chi connectivity index (χ3n) is 4.04. The zero-order chi connectivity index (χ0) is 10.9. The first-order valence-corrected chi connectivity index (χ1v) is 6.20. The number of carbonyl (C=O) groups is 1. The maximum atomic E-state index is 11.7. The molecule has 0 radical (unpaired) electrons. The number of halogens is 1. The lowest BCUT2D eigenvalue weighted by molar-refractivity contribution is -0.130. The predicted octanol–water partition coefficient (Wildman–Crippen LogP) is 1.24. The van der Waals surface area contributed by atoms with Crippen molar-refractivity contribution in [1.82, 2.24) is 4.90 Å². The summed E-state index contributed by atoms with van der Waals surface area (Å²) < 4.78 is 0. The second-order valence-corrected chi connectivity index (χ2v) is 5.19. The van der Waals surface area contributed by atoms with E-state index in [2.05, 4.69) is 0 Å². The van der Waals surface area contributed by atoms with E-state index < -0.39 is 0 Å². The quantitative estimate of drug-likeness (QED) is 0.743. The molecule has 1 saturated carbocycles. The summed E-state index contributed by atoms with van der Waals surface area (Å²) in [7, 11) is 0. The summed E-state index contributed by atoms with van der Waals surface area (Å²) in [5.74, 6) is 0.837. The largest absolute Gasteiger partial charge is 0.396 e. The van der Waals surface area contributed by atoms with E-state index in [0.717, 1.165) is 13.1 Å². The first kappa shape index (κ1) is 11.2. The van der Waals surface area contributed by atoms with Gasteiger partial charge < -0.3 is 10.0 Å². The molecule has 2 rings (SSSR count). The van der Waals surface area contributed by atoms with Crippen LogP contribution < -0.4 is 0 Å². The molecule has 1 amide bonds. The van der Waals surface area contributed by atoms with Gasteiger partial charge in [0.15, 0.2) is 0 Å². The number of carbonyl (C=O) groups excluding carboxylic acids is 1. The fourth-order valence-electron chi connectivity index (χ4n) is 2.91. The summed E-state index contributed by atoms with van der Waals surface area (Å²) in [6.45, 7) is 1.78. The van der Waals surface area contributed by atoms with Gasteiger partial charge in [-0.2, -0.15) is 0 Å². The molecule has 2 fully saturated rings. The molecule has 1 heterocycles. The van der Waals surface area contributed by atoms with Gasteiger partial charge in [-0.3, -0.25) is 4.79 Å². The van der Waals surface area contributed by atoms with Crippen LogP contribution in [0.25, 0.3) is 0 Å². The van der Waals surface area contributed by atoms with Crippen molar-refractivity contribution in [2.45, 2.75) is 25.7 Å². The van der Waals surface area contributed by atoms with Crippen LogP contribution in [0.15, 0.2) is 0 Å². The van der Waals surface area contributed by atoms with Gasteiger partial charge in [0.1, 0.15) is 0 Å². The Hall–Kier alpha value is -0.280. The van der Waals surface area contributed by atoms with Crippen LogP contribution >= 0.6 is 11.6 Å². The topological polar surface area (TPSA) is 40.5 Å². The first-order chi connectivity index (χ1) is 7.22. The summed E-state index contributed by atoms with van der Waals surface area (Å²) in [6.07, 6.45) is 4.01. The molecular formula is C11H18ClNO2. The standard InChI is InChI=1S/C11H18ClNO2/c12-5-2-10(15)13-6-9(7-14)11(8-13)3-1-4-11/h9,14H,1-8H2/t9-/m1/s1. The molecule has 2 aliphatic rings. The number of aliphatic hydroxyl groups excluding tert-OH is 1. The van der Waals surface area contributed by atoms with E-state index in [9.17, 15) is 9.90 Å². The van der Waals surface area contributed by atoms with Gasteiger partial charge in [0, 0.05) is 37.9 Å². The minimum atomic E-state index is 0.146. The molecule has 0 aromatic carbocycles. The molecule has 0 bridgehead atoms. The molecule has 1 aliphatic carbocycles. The Morgan fingerprint density at radius 3 is 2.67 bits per heavy atom. The van der Waals surface area contributed by atoms with Crippen molar-refractivity contribution in [3.8, 4) is 0 Å². The highest BCUT2D eigenvalue weighted by molar-refractivity contribution is 6.18. The van der Waals surface area contributed by atoms with Gasteiger partial charge in [-0.1, -0.05) is 6.42 Å². The SMILES string of the molecule is O=C(CCCl)N1C[C@H](CO)C2(CCC2)C1. The maximum Gasteiger partial charge on any atom is 0.223 e. The molecule has 1 N–H and O–H groups in total. The summed E-state index contributed by atoms with van der Waals surface area (Å²) >= 11 is 5.57. The van der Waals surface area contributed by atoms with Crippen LogP contribution in [0.1, 0.15) is 25.7 Å². The first-order valence-electron chi connectivity index (χ1n) is 5.66. The maximum absolute atomic E-state index is 11.7. The van der Waals surface area contributed by atoms with Gasteiger partial charge in [0.25, 0.3) is 0 Å². The van der Waals surface area contributed by atoms with Crippen LogP contribution in [-0.4, -0.2) is 41.5 Å².